The molecule has 1 amide bonds. The maximum absolute atomic E-state index is 15.0. The lowest BCUT2D eigenvalue weighted by atomic mass is 9.96. The molecule has 0 fully saturated rings. The molecule has 1 atom stereocenters. The molecular weight excluding hydrogens is 359 g/mol. The lowest BCUT2D eigenvalue weighted by Gasteiger charge is -2.34. The lowest BCUT2D eigenvalue weighted by molar-refractivity contribution is 0.0679. The van der Waals surface area contributed by atoms with E-state index in [9.17, 15) is 9.18 Å². The van der Waals surface area contributed by atoms with Gasteiger partial charge in [-0.1, -0.05) is 0 Å². The summed E-state index contributed by atoms with van der Waals surface area (Å²) in [6, 6.07) is 6.80. The molecule has 4 aromatic rings. The van der Waals surface area contributed by atoms with Gasteiger partial charge in [0.15, 0.2) is 5.69 Å². The quantitative estimate of drug-likeness (QED) is 0.583. The predicted molar refractivity (Wildman–Crippen MR) is 99.3 cm³/mol. The third kappa shape index (κ3) is 2.49. The molecule has 1 aliphatic rings. The first-order valence-corrected chi connectivity index (χ1v) is 9.00. The highest BCUT2D eigenvalue weighted by molar-refractivity contribution is 5.94. The molecule has 1 N–H and O–H groups in total. The molecule has 8 heteroatoms. The number of pyridine rings is 2. The molecule has 0 saturated carbocycles. The SMILES string of the molecule is Cc1ccn2c(F)c(C(=O)N3CCc4[nH]cnc4[C@@H]3c3ccncc3)nc2c1. The first-order valence-electron chi connectivity index (χ1n) is 9.00. The highest BCUT2D eigenvalue weighted by Gasteiger charge is 2.36. The van der Waals surface area contributed by atoms with Crippen molar-refractivity contribution in [2.45, 2.75) is 19.4 Å². The standard InChI is InChI=1S/C20H17FN6O/c1-12-4-8-26-15(10-12)25-17(19(26)21)20(28)27-9-5-14-16(24-11-23-14)18(27)13-2-6-22-7-3-13/h2-4,6-8,10-11,18H,5,9H2,1H3,(H,23,24)/t18-/m0/s1. The number of carbonyl (C=O) groups is 1. The number of aromatic nitrogens is 5. The van der Waals surface area contributed by atoms with Crippen molar-refractivity contribution < 1.29 is 9.18 Å². The van der Waals surface area contributed by atoms with Crippen molar-refractivity contribution in [1.29, 1.82) is 0 Å². The minimum atomic E-state index is -0.652. The Morgan fingerprint density at radius 3 is 2.93 bits per heavy atom. The van der Waals surface area contributed by atoms with Gasteiger partial charge in [0, 0.05) is 37.3 Å². The molecule has 28 heavy (non-hydrogen) atoms. The average molecular weight is 376 g/mol. The molecule has 4 aromatic heterocycles. The van der Waals surface area contributed by atoms with Crippen LogP contribution in [-0.4, -0.2) is 41.7 Å². The number of aryl methyl sites for hydroxylation is 1. The van der Waals surface area contributed by atoms with Crippen LogP contribution in [-0.2, 0) is 6.42 Å². The number of fused-ring (bicyclic) bond motifs is 2. The van der Waals surface area contributed by atoms with Crippen molar-refractivity contribution in [3.8, 4) is 0 Å². The third-order valence-electron chi connectivity index (χ3n) is 5.13. The maximum Gasteiger partial charge on any atom is 0.278 e. The van der Waals surface area contributed by atoms with Gasteiger partial charge in [-0.05, 0) is 42.3 Å². The second-order valence-electron chi connectivity index (χ2n) is 6.88. The second-order valence-corrected chi connectivity index (χ2v) is 6.88. The minimum absolute atomic E-state index is 0.177. The number of carbonyl (C=O) groups excluding carboxylic acids is 1. The fraction of sp³-hybridized carbons (Fsp3) is 0.200. The van der Waals surface area contributed by atoms with E-state index in [-0.39, 0.29) is 5.69 Å². The van der Waals surface area contributed by atoms with Crippen LogP contribution in [0.2, 0.25) is 0 Å². The highest BCUT2D eigenvalue weighted by Crippen LogP contribution is 2.34. The Kier molecular flexibility index (Phi) is 3.71. The summed E-state index contributed by atoms with van der Waals surface area (Å²) >= 11 is 0. The predicted octanol–water partition coefficient (Wildman–Crippen LogP) is 2.69. The van der Waals surface area contributed by atoms with Crippen molar-refractivity contribution >= 4 is 11.6 Å². The van der Waals surface area contributed by atoms with Crippen LogP contribution >= 0.6 is 0 Å². The Balaban J connectivity index is 1.61. The van der Waals surface area contributed by atoms with E-state index in [0.717, 1.165) is 22.5 Å². The molecule has 0 bridgehead atoms. The van der Waals surface area contributed by atoms with Crippen LogP contribution in [0.1, 0.15) is 39.0 Å². The first kappa shape index (κ1) is 16.6. The van der Waals surface area contributed by atoms with Crippen LogP contribution in [0.15, 0.2) is 49.2 Å². The van der Waals surface area contributed by atoms with Gasteiger partial charge in [-0.3, -0.25) is 14.2 Å². The number of aromatic amines is 1. The zero-order valence-electron chi connectivity index (χ0n) is 15.1. The Morgan fingerprint density at radius 2 is 2.11 bits per heavy atom. The van der Waals surface area contributed by atoms with Gasteiger partial charge in [0.25, 0.3) is 5.91 Å². The zero-order chi connectivity index (χ0) is 19.3. The van der Waals surface area contributed by atoms with Crippen molar-refractivity contribution in [2.75, 3.05) is 6.54 Å². The number of rotatable bonds is 2. The summed E-state index contributed by atoms with van der Waals surface area (Å²) in [5, 5.41) is 0. The summed E-state index contributed by atoms with van der Waals surface area (Å²) in [7, 11) is 0. The summed E-state index contributed by atoms with van der Waals surface area (Å²) in [5.74, 6) is -1.10. The Labute approximate surface area is 159 Å². The molecule has 140 valence electrons. The number of hydrogen-bond donors (Lipinski definition) is 1. The highest BCUT2D eigenvalue weighted by atomic mass is 19.1. The van der Waals surface area contributed by atoms with Crippen LogP contribution in [0.25, 0.3) is 5.65 Å². The molecule has 5 heterocycles. The Hall–Kier alpha value is -3.55. The van der Waals surface area contributed by atoms with Gasteiger partial charge in [-0.25, -0.2) is 9.97 Å². The maximum atomic E-state index is 15.0. The average Bonchev–Trinajstić information content (AvgIpc) is 3.31. The van der Waals surface area contributed by atoms with Gasteiger partial charge < -0.3 is 9.88 Å². The van der Waals surface area contributed by atoms with Crippen molar-refractivity contribution in [1.82, 2.24) is 29.2 Å². The minimum Gasteiger partial charge on any atom is -0.348 e. The van der Waals surface area contributed by atoms with E-state index in [2.05, 4.69) is 19.9 Å². The largest absolute Gasteiger partial charge is 0.348 e. The smallest absolute Gasteiger partial charge is 0.278 e. The number of hydrogen-bond acceptors (Lipinski definition) is 4. The lowest BCUT2D eigenvalue weighted by Crippen LogP contribution is -2.41. The summed E-state index contributed by atoms with van der Waals surface area (Å²) in [6.45, 7) is 2.34. The van der Waals surface area contributed by atoms with Crippen molar-refractivity contribution in [3.63, 3.8) is 0 Å². The molecule has 1 aliphatic heterocycles. The topological polar surface area (TPSA) is 79.2 Å². The second kappa shape index (κ2) is 6.26. The zero-order valence-corrected chi connectivity index (χ0v) is 15.1. The van der Waals surface area contributed by atoms with E-state index in [1.54, 1.807) is 42.0 Å². The van der Waals surface area contributed by atoms with E-state index in [4.69, 9.17) is 0 Å². The fourth-order valence-electron chi connectivity index (χ4n) is 3.77. The van der Waals surface area contributed by atoms with Gasteiger partial charge in [0.05, 0.1) is 12.0 Å². The van der Waals surface area contributed by atoms with Crippen LogP contribution < -0.4 is 0 Å². The van der Waals surface area contributed by atoms with E-state index in [0.29, 0.717) is 18.6 Å². The van der Waals surface area contributed by atoms with Crippen molar-refractivity contribution in [3.05, 3.63) is 83.3 Å². The number of amides is 1. The van der Waals surface area contributed by atoms with E-state index in [1.165, 1.54) is 4.40 Å². The number of nitrogens with zero attached hydrogens (tertiary/aromatic N) is 5. The van der Waals surface area contributed by atoms with E-state index >= 15 is 0 Å². The Morgan fingerprint density at radius 1 is 1.29 bits per heavy atom. The number of nitrogens with one attached hydrogen (secondary N) is 1. The monoisotopic (exact) mass is 376 g/mol. The van der Waals surface area contributed by atoms with Crippen molar-refractivity contribution in [2.24, 2.45) is 0 Å². The van der Waals surface area contributed by atoms with Gasteiger partial charge in [-0.2, -0.15) is 4.39 Å². The molecule has 5 rings (SSSR count). The molecule has 0 spiro atoms. The normalized spacial score (nSPS) is 16.4. The first-order chi connectivity index (χ1) is 13.6. The van der Waals surface area contributed by atoms with Crippen LogP contribution in [0, 0.1) is 12.9 Å². The van der Waals surface area contributed by atoms with Gasteiger partial charge >= 0.3 is 0 Å². The van der Waals surface area contributed by atoms with Crippen LogP contribution in [0.3, 0.4) is 0 Å². The number of H-pyrrole nitrogens is 1. The van der Waals surface area contributed by atoms with Gasteiger partial charge in [0.1, 0.15) is 11.7 Å². The van der Waals surface area contributed by atoms with Crippen LogP contribution in [0.4, 0.5) is 4.39 Å². The molecule has 0 aliphatic carbocycles. The molecule has 0 saturated heterocycles. The number of imidazole rings is 2. The Bertz CT molecular complexity index is 1180. The van der Waals surface area contributed by atoms with Gasteiger partial charge in [-0.15, -0.1) is 0 Å². The summed E-state index contributed by atoms with van der Waals surface area (Å²) in [5.41, 5.74) is 3.81. The summed E-state index contributed by atoms with van der Waals surface area (Å²) in [6.07, 6.45) is 7.18. The van der Waals surface area contributed by atoms with Gasteiger partial charge in [0.2, 0.25) is 5.95 Å². The molecule has 7 nitrogen and oxygen atoms in total. The molecular formula is C20H17FN6O. The van der Waals surface area contributed by atoms with Crippen LogP contribution in [0.5, 0.6) is 0 Å². The molecule has 0 radical (unpaired) electrons. The third-order valence-corrected chi connectivity index (χ3v) is 5.13. The van der Waals surface area contributed by atoms with E-state index in [1.807, 2.05) is 19.1 Å². The molecule has 0 aromatic carbocycles. The summed E-state index contributed by atoms with van der Waals surface area (Å²) in [4.78, 5) is 30.9. The number of halogens is 1. The fourth-order valence-corrected chi connectivity index (χ4v) is 3.77. The summed E-state index contributed by atoms with van der Waals surface area (Å²) < 4.78 is 16.3. The van der Waals surface area contributed by atoms with E-state index < -0.39 is 17.9 Å². The molecule has 0 unspecified atom stereocenters.